The predicted octanol–water partition coefficient (Wildman–Crippen LogP) is 7.94. The monoisotopic (exact) mass is 390 g/mol. The molecule has 2 heteroatoms. The smallest absolute Gasteiger partial charge is 0.0989 e. The van der Waals surface area contributed by atoms with Crippen LogP contribution in [0.25, 0.3) is 0 Å². The van der Waals surface area contributed by atoms with Gasteiger partial charge in [0, 0.05) is 23.8 Å². The summed E-state index contributed by atoms with van der Waals surface area (Å²) in [5.41, 5.74) is 8.58. The van der Waals surface area contributed by atoms with Gasteiger partial charge in [0.25, 0.3) is 0 Å². The summed E-state index contributed by atoms with van der Waals surface area (Å²) in [5.74, 6) is 2.07. The van der Waals surface area contributed by atoms with Crippen LogP contribution in [0.5, 0.6) is 0 Å². The topological polar surface area (TPSA) is 6.48 Å². The molecule has 0 saturated carbocycles. The second kappa shape index (κ2) is 8.65. The van der Waals surface area contributed by atoms with Crippen molar-refractivity contribution in [1.29, 1.82) is 0 Å². The molecule has 0 atom stereocenters. The Morgan fingerprint density at radius 1 is 0.552 bits per heavy atom. The molecule has 0 spiro atoms. The van der Waals surface area contributed by atoms with Crippen molar-refractivity contribution in [3.8, 4) is 0 Å². The fourth-order valence-electron chi connectivity index (χ4n) is 4.64. The molecular weight excluding hydrogens is 352 g/mol. The number of hydrogen-bond donors (Lipinski definition) is 0. The van der Waals surface area contributed by atoms with Gasteiger partial charge >= 0.3 is 0 Å². The van der Waals surface area contributed by atoms with Gasteiger partial charge in [-0.3, -0.25) is 0 Å². The third-order valence-electron chi connectivity index (χ3n) is 5.98. The largest absolute Gasteiger partial charge is 0.328 e. The van der Waals surface area contributed by atoms with E-state index in [9.17, 15) is 0 Å². The molecule has 2 nitrogen and oxygen atoms in total. The van der Waals surface area contributed by atoms with E-state index < -0.39 is 0 Å². The highest BCUT2D eigenvalue weighted by Gasteiger charge is 2.24. The molecule has 1 aliphatic heterocycles. The van der Waals surface area contributed by atoms with Crippen LogP contribution >= 0.6 is 0 Å². The molecule has 0 unspecified atom stereocenters. The highest BCUT2D eigenvalue weighted by atomic mass is 15.3. The van der Waals surface area contributed by atoms with Crippen LogP contribution < -0.4 is 9.80 Å². The lowest BCUT2D eigenvalue weighted by atomic mass is 9.88. The molecule has 1 aliphatic rings. The van der Waals surface area contributed by atoms with Crippen LogP contribution in [0, 0.1) is 0 Å². The van der Waals surface area contributed by atoms with Crippen molar-refractivity contribution in [3.05, 3.63) is 71.1 Å². The van der Waals surface area contributed by atoms with Gasteiger partial charge in [0.1, 0.15) is 0 Å². The summed E-state index contributed by atoms with van der Waals surface area (Å²) < 4.78 is 0. The number of hydrogen-bond acceptors (Lipinski definition) is 2. The van der Waals surface area contributed by atoms with Crippen molar-refractivity contribution in [3.63, 3.8) is 0 Å². The lowest BCUT2D eigenvalue weighted by Gasteiger charge is -2.29. The molecule has 3 rings (SSSR count). The fourth-order valence-corrected chi connectivity index (χ4v) is 4.64. The Bertz CT molecular complexity index is 803. The standard InChI is InChI=1S/C27H38N2/c1-18(2)22-11-9-13-24(26(22)20(5)6)28-15-16-29(17-28)25-14-10-12-23(19(3)4)27(25)21(7)8/h9-16,18-21H,17H2,1-8H3. The first-order valence-corrected chi connectivity index (χ1v) is 11.2. The third kappa shape index (κ3) is 4.22. The molecule has 156 valence electrons. The molecule has 2 aromatic rings. The lowest BCUT2D eigenvalue weighted by molar-refractivity contribution is 0.778. The van der Waals surface area contributed by atoms with Gasteiger partial charge in [0.2, 0.25) is 0 Å². The SMILES string of the molecule is CC(C)c1cccc(N2C=CN(c3cccc(C(C)C)c3C(C)C)C2)c1C(C)C. The summed E-state index contributed by atoms with van der Waals surface area (Å²) in [5, 5.41) is 0. The van der Waals surface area contributed by atoms with E-state index in [-0.39, 0.29) is 0 Å². The van der Waals surface area contributed by atoms with Gasteiger partial charge in [-0.15, -0.1) is 0 Å². The van der Waals surface area contributed by atoms with Crippen LogP contribution in [0.4, 0.5) is 11.4 Å². The fraction of sp³-hybridized carbons (Fsp3) is 0.481. The molecule has 29 heavy (non-hydrogen) atoms. The molecule has 0 aromatic heterocycles. The van der Waals surface area contributed by atoms with Crippen LogP contribution in [0.15, 0.2) is 48.8 Å². The quantitative estimate of drug-likeness (QED) is 0.494. The predicted molar refractivity (Wildman–Crippen MR) is 128 cm³/mol. The zero-order valence-electron chi connectivity index (χ0n) is 19.5. The average molecular weight is 391 g/mol. The molecule has 0 fully saturated rings. The van der Waals surface area contributed by atoms with E-state index in [1.54, 1.807) is 0 Å². The van der Waals surface area contributed by atoms with E-state index >= 15 is 0 Å². The van der Waals surface area contributed by atoms with Gasteiger partial charge in [-0.05, 0) is 58.1 Å². The van der Waals surface area contributed by atoms with Gasteiger partial charge in [0.15, 0.2) is 0 Å². The molecular formula is C27H38N2. The zero-order chi connectivity index (χ0) is 21.3. The number of nitrogens with zero attached hydrogens (tertiary/aromatic N) is 2. The third-order valence-corrected chi connectivity index (χ3v) is 5.98. The second-order valence-corrected chi connectivity index (χ2v) is 9.56. The average Bonchev–Trinajstić information content (AvgIpc) is 3.16. The number of rotatable bonds is 6. The summed E-state index contributed by atoms with van der Waals surface area (Å²) in [7, 11) is 0. The minimum absolute atomic E-state index is 0.501. The normalized spacial score (nSPS) is 14.3. The van der Waals surface area contributed by atoms with E-state index in [0.717, 1.165) is 6.67 Å². The summed E-state index contributed by atoms with van der Waals surface area (Å²) in [4.78, 5) is 4.82. The van der Waals surface area contributed by atoms with Gasteiger partial charge in [-0.1, -0.05) is 79.7 Å². The van der Waals surface area contributed by atoms with Crippen LogP contribution in [0.2, 0.25) is 0 Å². The Morgan fingerprint density at radius 2 is 0.931 bits per heavy atom. The molecule has 0 bridgehead atoms. The van der Waals surface area contributed by atoms with Crippen molar-refractivity contribution in [2.24, 2.45) is 0 Å². The van der Waals surface area contributed by atoms with Crippen molar-refractivity contribution >= 4 is 11.4 Å². The summed E-state index contributed by atoms with van der Waals surface area (Å²) in [6.07, 6.45) is 4.49. The Morgan fingerprint density at radius 3 is 1.24 bits per heavy atom. The van der Waals surface area contributed by atoms with Gasteiger partial charge < -0.3 is 9.80 Å². The lowest BCUT2D eigenvalue weighted by Crippen LogP contribution is -2.27. The van der Waals surface area contributed by atoms with E-state index in [4.69, 9.17) is 0 Å². The second-order valence-electron chi connectivity index (χ2n) is 9.56. The number of anilines is 2. The van der Waals surface area contributed by atoms with Crippen LogP contribution in [0.3, 0.4) is 0 Å². The number of benzene rings is 2. The molecule has 0 aliphatic carbocycles. The molecule has 0 radical (unpaired) electrons. The maximum Gasteiger partial charge on any atom is 0.0989 e. The molecule has 0 saturated heterocycles. The maximum atomic E-state index is 2.41. The Hall–Kier alpha value is -2.22. The van der Waals surface area contributed by atoms with E-state index in [1.807, 2.05) is 0 Å². The minimum atomic E-state index is 0.501. The Kier molecular flexibility index (Phi) is 6.41. The van der Waals surface area contributed by atoms with Gasteiger partial charge in [-0.2, -0.15) is 0 Å². The molecule has 0 amide bonds. The minimum Gasteiger partial charge on any atom is -0.328 e. The van der Waals surface area contributed by atoms with Crippen LogP contribution in [0.1, 0.15) is 101 Å². The van der Waals surface area contributed by atoms with E-state index in [1.165, 1.54) is 33.6 Å². The molecule has 2 aromatic carbocycles. The summed E-state index contributed by atoms with van der Waals surface area (Å²) in [6, 6.07) is 13.6. The first kappa shape index (κ1) is 21.5. The Labute approximate surface area is 178 Å². The zero-order valence-corrected chi connectivity index (χ0v) is 19.5. The van der Waals surface area contributed by atoms with Crippen molar-refractivity contribution in [1.82, 2.24) is 0 Å². The first-order valence-electron chi connectivity index (χ1n) is 11.2. The molecule has 1 heterocycles. The van der Waals surface area contributed by atoms with Crippen molar-refractivity contribution in [2.45, 2.75) is 79.1 Å². The van der Waals surface area contributed by atoms with Gasteiger partial charge in [-0.25, -0.2) is 0 Å². The summed E-state index contributed by atoms with van der Waals surface area (Å²) in [6.45, 7) is 19.3. The Balaban J connectivity index is 1.98. The van der Waals surface area contributed by atoms with Crippen molar-refractivity contribution in [2.75, 3.05) is 16.5 Å². The van der Waals surface area contributed by atoms with Gasteiger partial charge in [0.05, 0.1) is 6.67 Å². The maximum absolute atomic E-state index is 2.41. The summed E-state index contributed by atoms with van der Waals surface area (Å²) >= 11 is 0. The highest BCUT2D eigenvalue weighted by Crippen LogP contribution is 2.39. The van der Waals surface area contributed by atoms with Crippen LogP contribution in [-0.4, -0.2) is 6.67 Å². The highest BCUT2D eigenvalue weighted by molar-refractivity contribution is 5.67. The molecule has 0 N–H and O–H groups in total. The van der Waals surface area contributed by atoms with Crippen molar-refractivity contribution < 1.29 is 0 Å². The van der Waals surface area contributed by atoms with Crippen LogP contribution in [-0.2, 0) is 0 Å². The van der Waals surface area contributed by atoms with E-state index in [0.29, 0.717) is 23.7 Å². The van der Waals surface area contributed by atoms with E-state index in [2.05, 4.69) is 114 Å². The first-order chi connectivity index (χ1) is 13.7.